The Morgan fingerprint density at radius 3 is 2.72 bits per heavy atom. The summed E-state index contributed by atoms with van der Waals surface area (Å²) in [6, 6.07) is 9.66. The van der Waals surface area contributed by atoms with E-state index in [0.717, 1.165) is 5.56 Å². The molecule has 1 aromatic heterocycles. The summed E-state index contributed by atoms with van der Waals surface area (Å²) in [5.41, 5.74) is 1.49. The van der Waals surface area contributed by atoms with E-state index in [1.54, 1.807) is 0 Å². The van der Waals surface area contributed by atoms with E-state index in [9.17, 15) is 4.79 Å². The first-order chi connectivity index (χ1) is 8.77. The van der Waals surface area contributed by atoms with Gasteiger partial charge in [-0.3, -0.25) is 0 Å². The summed E-state index contributed by atoms with van der Waals surface area (Å²) in [7, 11) is 0. The molecule has 0 unspecified atom stereocenters. The molecule has 1 N–H and O–H groups in total. The van der Waals surface area contributed by atoms with Gasteiger partial charge in [-0.15, -0.1) is 0 Å². The zero-order valence-electron chi connectivity index (χ0n) is 9.61. The van der Waals surface area contributed by atoms with Gasteiger partial charge in [0.1, 0.15) is 11.9 Å². The van der Waals surface area contributed by atoms with E-state index in [1.165, 1.54) is 12.5 Å². The number of benzene rings is 1. The van der Waals surface area contributed by atoms with Gasteiger partial charge in [-0.1, -0.05) is 30.3 Å². The molecule has 0 saturated carbocycles. The number of ether oxygens (including phenoxy) is 1. The number of carboxylic acids is 1. The third-order valence-electron chi connectivity index (χ3n) is 2.38. The maximum absolute atomic E-state index is 10.9. The predicted molar refractivity (Wildman–Crippen MR) is 63.9 cm³/mol. The van der Waals surface area contributed by atoms with Gasteiger partial charge in [0.25, 0.3) is 0 Å². The molecule has 0 aliphatic heterocycles. The molecule has 0 radical (unpaired) electrons. The summed E-state index contributed by atoms with van der Waals surface area (Å²) in [6.07, 6.45) is 2.59. The Balaban J connectivity index is 1.97. The van der Waals surface area contributed by atoms with Crippen molar-refractivity contribution in [1.29, 1.82) is 0 Å². The van der Waals surface area contributed by atoms with Crippen LogP contribution in [0.15, 0.2) is 42.9 Å². The predicted octanol–water partition coefficient (Wildman–Crippen LogP) is 1.89. The second-order valence-electron chi connectivity index (χ2n) is 3.67. The summed E-state index contributed by atoms with van der Waals surface area (Å²) in [6.45, 7) is 0.572. The molecular formula is C13H12N2O3. The van der Waals surface area contributed by atoms with Crippen molar-refractivity contribution in [1.82, 2.24) is 9.97 Å². The van der Waals surface area contributed by atoms with Crippen molar-refractivity contribution >= 4 is 5.97 Å². The van der Waals surface area contributed by atoms with Gasteiger partial charge in [0.15, 0.2) is 0 Å². The highest BCUT2D eigenvalue weighted by molar-refractivity contribution is 5.88. The Bertz CT molecular complexity index is 529. The van der Waals surface area contributed by atoms with Crippen LogP contribution in [0.5, 0.6) is 0 Å². The number of hydrogen-bond acceptors (Lipinski definition) is 4. The standard InChI is InChI=1S/C13H12N2O3/c16-13(17)11-6-14-9-15-12(11)8-18-7-10-4-2-1-3-5-10/h1-6,9H,7-8H2,(H,16,17). The number of carbonyl (C=O) groups is 1. The minimum atomic E-state index is -1.05. The maximum atomic E-state index is 10.9. The average Bonchev–Trinajstić information content (AvgIpc) is 2.40. The van der Waals surface area contributed by atoms with E-state index in [2.05, 4.69) is 9.97 Å². The monoisotopic (exact) mass is 244 g/mol. The lowest BCUT2D eigenvalue weighted by molar-refractivity contribution is 0.0681. The summed E-state index contributed by atoms with van der Waals surface area (Å²) in [5.74, 6) is -1.05. The molecule has 0 saturated heterocycles. The van der Waals surface area contributed by atoms with Crippen LogP contribution in [0.4, 0.5) is 0 Å². The van der Waals surface area contributed by atoms with E-state index in [1.807, 2.05) is 30.3 Å². The fourth-order valence-electron chi connectivity index (χ4n) is 1.49. The Hall–Kier alpha value is -2.27. The van der Waals surface area contributed by atoms with E-state index in [0.29, 0.717) is 12.3 Å². The lowest BCUT2D eigenvalue weighted by atomic mass is 10.2. The molecular weight excluding hydrogens is 232 g/mol. The molecule has 0 amide bonds. The van der Waals surface area contributed by atoms with Crippen molar-refractivity contribution in [3.05, 3.63) is 59.7 Å². The largest absolute Gasteiger partial charge is 0.478 e. The number of rotatable bonds is 5. The number of aromatic nitrogens is 2. The summed E-state index contributed by atoms with van der Waals surface area (Å²) < 4.78 is 5.44. The molecule has 0 bridgehead atoms. The highest BCUT2D eigenvalue weighted by atomic mass is 16.5. The number of aromatic carboxylic acids is 1. The second-order valence-corrected chi connectivity index (χ2v) is 3.67. The van der Waals surface area contributed by atoms with Gasteiger partial charge in [-0.25, -0.2) is 14.8 Å². The molecule has 0 atom stereocenters. The number of carboxylic acid groups (broad SMARTS) is 1. The molecule has 2 aromatic rings. The second kappa shape index (κ2) is 5.88. The highest BCUT2D eigenvalue weighted by Gasteiger charge is 2.11. The first-order valence-electron chi connectivity index (χ1n) is 5.41. The molecule has 2 rings (SSSR count). The Labute approximate surface area is 104 Å². The van der Waals surface area contributed by atoms with E-state index >= 15 is 0 Å². The van der Waals surface area contributed by atoms with Crippen LogP contribution in [0.2, 0.25) is 0 Å². The van der Waals surface area contributed by atoms with Gasteiger partial charge in [0, 0.05) is 6.20 Å². The lowest BCUT2D eigenvalue weighted by Crippen LogP contribution is -2.07. The smallest absolute Gasteiger partial charge is 0.339 e. The summed E-state index contributed by atoms with van der Waals surface area (Å²) in [5, 5.41) is 8.95. The molecule has 0 fully saturated rings. The van der Waals surface area contributed by atoms with Crippen LogP contribution in [0.3, 0.4) is 0 Å². The normalized spacial score (nSPS) is 10.2. The highest BCUT2D eigenvalue weighted by Crippen LogP contribution is 2.07. The zero-order chi connectivity index (χ0) is 12.8. The molecule has 5 heteroatoms. The molecule has 1 aromatic carbocycles. The van der Waals surface area contributed by atoms with Crippen LogP contribution in [0.1, 0.15) is 21.6 Å². The van der Waals surface area contributed by atoms with Crippen molar-refractivity contribution in [3.63, 3.8) is 0 Å². The lowest BCUT2D eigenvalue weighted by Gasteiger charge is -2.05. The fourth-order valence-corrected chi connectivity index (χ4v) is 1.49. The van der Waals surface area contributed by atoms with E-state index in [4.69, 9.17) is 9.84 Å². The van der Waals surface area contributed by atoms with Crippen molar-refractivity contribution < 1.29 is 14.6 Å². The molecule has 5 nitrogen and oxygen atoms in total. The van der Waals surface area contributed by atoms with Crippen LogP contribution in [-0.4, -0.2) is 21.0 Å². The van der Waals surface area contributed by atoms with Crippen molar-refractivity contribution in [2.45, 2.75) is 13.2 Å². The van der Waals surface area contributed by atoms with Crippen LogP contribution < -0.4 is 0 Å². The third kappa shape index (κ3) is 3.11. The van der Waals surface area contributed by atoms with Crippen LogP contribution in [-0.2, 0) is 18.0 Å². The van der Waals surface area contributed by atoms with Gasteiger partial charge < -0.3 is 9.84 Å². The molecule has 92 valence electrons. The Morgan fingerprint density at radius 2 is 2.00 bits per heavy atom. The van der Waals surface area contributed by atoms with E-state index in [-0.39, 0.29) is 12.2 Å². The van der Waals surface area contributed by atoms with Crippen LogP contribution in [0, 0.1) is 0 Å². The van der Waals surface area contributed by atoms with E-state index < -0.39 is 5.97 Å². The zero-order valence-corrected chi connectivity index (χ0v) is 9.61. The Kier molecular flexibility index (Phi) is 3.98. The molecule has 0 aliphatic carbocycles. The summed E-state index contributed by atoms with van der Waals surface area (Å²) in [4.78, 5) is 18.5. The molecule has 1 heterocycles. The van der Waals surface area contributed by atoms with Crippen molar-refractivity contribution in [3.8, 4) is 0 Å². The van der Waals surface area contributed by atoms with Gasteiger partial charge in [0.05, 0.1) is 18.9 Å². The molecule has 0 spiro atoms. The minimum absolute atomic E-state index is 0.0746. The number of nitrogens with zero attached hydrogens (tertiary/aromatic N) is 2. The third-order valence-corrected chi connectivity index (χ3v) is 2.38. The van der Waals surface area contributed by atoms with Gasteiger partial charge in [-0.2, -0.15) is 0 Å². The summed E-state index contributed by atoms with van der Waals surface area (Å²) >= 11 is 0. The average molecular weight is 244 g/mol. The van der Waals surface area contributed by atoms with Crippen molar-refractivity contribution in [2.75, 3.05) is 0 Å². The fraction of sp³-hybridized carbons (Fsp3) is 0.154. The Morgan fingerprint density at radius 1 is 1.22 bits per heavy atom. The first-order valence-corrected chi connectivity index (χ1v) is 5.41. The van der Waals surface area contributed by atoms with Crippen molar-refractivity contribution in [2.24, 2.45) is 0 Å². The van der Waals surface area contributed by atoms with Gasteiger partial charge in [0.2, 0.25) is 0 Å². The molecule has 18 heavy (non-hydrogen) atoms. The van der Waals surface area contributed by atoms with Crippen LogP contribution >= 0.6 is 0 Å². The maximum Gasteiger partial charge on any atom is 0.339 e. The first kappa shape index (κ1) is 12.2. The quantitative estimate of drug-likeness (QED) is 0.869. The molecule has 0 aliphatic rings. The SMILES string of the molecule is O=C(O)c1cncnc1COCc1ccccc1. The van der Waals surface area contributed by atoms with Gasteiger partial charge >= 0.3 is 5.97 Å². The van der Waals surface area contributed by atoms with Crippen LogP contribution in [0.25, 0.3) is 0 Å². The minimum Gasteiger partial charge on any atom is -0.478 e. The number of hydrogen-bond donors (Lipinski definition) is 1. The topological polar surface area (TPSA) is 72.3 Å². The van der Waals surface area contributed by atoms with Gasteiger partial charge in [-0.05, 0) is 5.56 Å².